The Kier molecular flexibility index (Phi) is 5.07. The molecule has 2 amide bonds. The van der Waals surface area contributed by atoms with Gasteiger partial charge in [-0.15, -0.1) is 0 Å². The van der Waals surface area contributed by atoms with Gasteiger partial charge in [0.05, 0.1) is 0 Å². The van der Waals surface area contributed by atoms with E-state index in [0.29, 0.717) is 6.54 Å². The van der Waals surface area contributed by atoms with Gasteiger partial charge < -0.3 is 10.2 Å². The maximum Gasteiger partial charge on any atom is 0.246 e. The Balaban J connectivity index is 2.30. The highest BCUT2D eigenvalue weighted by molar-refractivity contribution is 6.00. The fourth-order valence-electron chi connectivity index (χ4n) is 3.53. The van der Waals surface area contributed by atoms with E-state index in [9.17, 15) is 9.59 Å². The molecule has 0 bridgehead atoms. The van der Waals surface area contributed by atoms with Gasteiger partial charge in [0.15, 0.2) is 0 Å². The number of nitrogens with one attached hydrogen (secondary N) is 1. The average molecular weight is 292 g/mol. The molecule has 2 rings (SSSR count). The molecule has 1 aliphatic carbocycles. The normalized spacial score (nSPS) is 24.9. The first-order chi connectivity index (χ1) is 10.0. The van der Waals surface area contributed by atoms with Gasteiger partial charge in [0.2, 0.25) is 11.8 Å². The molecule has 0 aromatic heterocycles. The Hall–Kier alpha value is -1.32. The molecule has 1 N–H and O–H groups in total. The number of allylic oxidation sites excluding steroid dienone is 1. The molecule has 1 unspecified atom stereocenters. The summed E-state index contributed by atoms with van der Waals surface area (Å²) in [5.41, 5.74) is 0.595. The third-order valence-corrected chi connectivity index (χ3v) is 4.75. The lowest BCUT2D eigenvalue weighted by Gasteiger charge is -2.49. The maximum absolute atomic E-state index is 12.8. The summed E-state index contributed by atoms with van der Waals surface area (Å²) in [6.45, 7) is 6.68. The van der Waals surface area contributed by atoms with Crippen LogP contribution in [0.2, 0.25) is 0 Å². The largest absolute Gasteiger partial charge is 0.342 e. The van der Waals surface area contributed by atoms with Crippen LogP contribution in [0.25, 0.3) is 0 Å². The average Bonchev–Trinajstić information content (AvgIpc) is 2.46. The van der Waals surface area contributed by atoms with Gasteiger partial charge in [0.1, 0.15) is 11.6 Å². The van der Waals surface area contributed by atoms with E-state index in [1.54, 1.807) is 0 Å². The summed E-state index contributed by atoms with van der Waals surface area (Å²) >= 11 is 0. The van der Waals surface area contributed by atoms with Crippen molar-refractivity contribution in [1.82, 2.24) is 10.2 Å². The molecule has 1 aliphatic heterocycles. The first-order valence-corrected chi connectivity index (χ1v) is 8.27. The second kappa shape index (κ2) is 6.63. The molecule has 4 heteroatoms. The molecular formula is C17H28N2O2. The zero-order valence-electron chi connectivity index (χ0n) is 13.6. The smallest absolute Gasteiger partial charge is 0.246 e. The van der Waals surface area contributed by atoms with Gasteiger partial charge in [-0.2, -0.15) is 0 Å². The summed E-state index contributed by atoms with van der Waals surface area (Å²) in [4.78, 5) is 27.4. The van der Waals surface area contributed by atoms with Crippen molar-refractivity contribution in [3.63, 3.8) is 0 Å². The number of amides is 2. The van der Waals surface area contributed by atoms with Crippen molar-refractivity contribution in [2.75, 3.05) is 6.54 Å². The van der Waals surface area contributed by atoms with Crippen LogP contribution in [0.5, 0.6) is 0 Å². The topological polar surface area (TPSA) is 49.4 Å². The second-order valence-electron chi connectivity index (χ2n) is 6.64. The van der Waals surface area contributed by atoms with Gasteiger partial charge in [-0.25, -0.2) is 0 Å². The van der Waals surface area contributed by atoms with E-state index in [2.05, 4.69) is 11.4 Å². The number of rotatable bonds is 4. The number of nitrogens with zero attached hydrogens (tertiary/aromatic N) is 1. The lowest BCUT2D eigenvalue weighted by molar-refractivity contribution is -0.159. The fraction of sp³-hybridized carbons (Fsp3) is 0.765. The molecule has 4 nitrogen and oxygen atoms in total. The van der Waals surface area contributed by atoms with Crippen molar-refractivity contribution in [1.29, 1.82) is 0 Å². The predicted molar refractivity (Wildman–Crippen MR) is 83.8 cm³/mol. The molecule has 2 fully saturated rings. The first kappa shape index (κ1) is 16.1. The molecule has 1 heterocycles. The summed E-state index contributed by atoms with van der Waals surface area (Å²) < 4.78 is 0. The summed E-state index contributed by atoms with van der Waals surface area (Å²) in [7, 11) is 0. The monoisotopic (exact) mass is 292 g/mol. The van der Waals surface area contributed by atoms with Crippen LogP contribution >= 0.6 is 0 Å². The molecule has 0 radical (unpaired) electrons. The maximum atomic E-state index is 12.8. The summed E-state index contributed by atoms with van der Waals surface area (Å²) in [6, 6.07) is -0.333. The van der Waals surface area contributed by atoms with E-state index in [1.165, 1.54) is 5.57 Å². The van der Waals surface area contributed by atoms with E-state index in [4.69, 9.17) is 0 Å². The number of hydrogen-bond donors (Lipinski definition) is 1. The van der Waals surface area contributed by atoms with Crippen LogP contribution in [0.1, 0.15) is 65.7 Å². The molecule has 21 heavy (non-hydrogen) atoms. The molecule has 1 atom stereocenters. The molecular weight excluding hydrogens is 264 g/mol. The van der Waals surface area contributed by atoms with Crippen LogP contribution in [-0.4, -0.2) is 34.8 Å². The second-order valence-corrected chi connectivity index (χ2v) is 6.64. The molecule has 0 aromatic carbocycles. The van der Waals surface area contributed by atoms with Crippen LogP contribution in [-0.2, 0) is 9.59 Å². The van der Waals surface area contributed by atoms with E-state index >= 15 is 0 Å². The molecule has 0 aromatic rings. The molecule has 1 saturated carbocycles. The van der Waals surface area contributed by atoms with Gasteiger partial charge in [0, 0.05) is 6.54 Å². The number of carbonyl (C=O) groups excluding carboxylic acids is 2. The molecule has 2 aliphatic rings. The third-order valence-electron chi connectivity index (χ3n) is 4.75. The summed E-state index contributed by atoms with van der Waals surface area (Å²) in [5, 5.41) is 2.99. The van der Waals surface area contributed by atoms with Gasteiger partial charge >= 0.3 is 0 Å². The highest BCUT2D eigenvalue weighted by Gasteiger charge is 2.51. The quantitative estimate of drug-likeness (QED) is 0.810. The summed E-state index contributed by atoms with van der Waals surface area (Å²) in [5.74, 6) is 0.179. The molecule has 1 spiro atoms. The Morgan fingerprint density at radius 3 is 2.52 bits per heavy atom. The molecule has 1 saturated heterocycles. The Bertz CT molecular complexity index is 432. The van der Waals surface area contributed by atoms with Crippen LogP contribution in [0.15, 0.2) is 11.6 Å². The van der Waals surface area contributed by atoms with E-state index < -0.39 is 5.54 Å². The van der Waals surface area contributed by atoms with Crippen LogP contribution in [0.4, 0.5) is 0 Å². The van der Waals surface area contributed by atoms with Gasteiger partial charge in [-0.05, 0) is 33.1 Å². The van der Waals surface area contributed by atoms with E-state index in [1.807, 2.05) is 25.7 Å². The lowest BCUT2D eigenvalue weighted by Crippen LogP contribution is -2.71. The minimum Gasteiger partial charge on any atom is -0.342 e. The molecule has 118 valence electrons. The van der Waals surface area contributed by atoms with Crippen molar-refractivity contribution in [3.05, 3.63) is 11.6 Å². The lowest BCUT2D eigenvalue weighted by atomic mass is 9.77. The van der Waals surface area contributed by atoms with Crippen LogP contribution in [0.3, 0.4) is 0 Å². The zero-order valence-corrected chi connectivity index (χ0v) is 13.6. The minimum absolute atomic E-state index is 0.0717. The Morgan fingerprint density at radius 2 is 1.95 bits per heavy atom. The summed E-state index contributed by atoms with van der Waals surface area (Å²) in [6.07, 6.45) is 8.54. The predicted octanol–water partition coefficient (Wildman–Crippen LogP) is 2.78. The van der Waals surface area contributed by atoms with Crippen molar-refractivity contribution in [3.8, 4) is 0 Å². The van der Waals surface area contributed by atoms with Crippen LogP contribution in [0, 0.1) is 0 Å². The van der Waals surface area contributed by atoms with E-state index in [-0.39, 0.29) is 17.9 Å². The Labute approximate surface area is 128 Å². The van der Waals surface area contributed by atoms with E-state index in [0.717, 1.165) is 44.9 Å². The highest BCUT2D eigenvalue weighted by atomic mass is 16.2. The van der Waals surface area contributed by atoms with Crippen LogP contribution < -0.4 is 5.32 Å². The van der Waals surface area contributed by atoms with Crippen molar-refractivity contribution in [2.24, 2.45) is 0 Å². The zero-order chi connectivity index (χ0) is 15.5. The van der Waals surface area contributed by atoms with Crippen molar-refractivity contribution >= 4 is 11.8 Å². The number of piperazine rings is 1. The third kappa shape index (κ3) is 3.14. The SMILES string of the molecule is CCCC1NC(=O)C2(CCCCC2)N(CC=C(C)C)C1=O. The van der Waals surface area contributed by atoms with Crippen molar-refractivity contribution in [2.45, 2.75) is 77.3 Å². The number of carbonyl (C=O) groups is 2. The standard InChI is InChI=1S/C17H28N2O2/c1-4-8-14-15(20)19(12-9-13(2)3)17(16(21)18-14)10-6-5-7-11-17/h9,14H,4-8,10-12H2,1-3H3,(H,18,21). The fourth-order valence-corrected chi connectivity index (χ4v) is 3.53. The van der Waals surface area contributed by atoms with Gasteiger partial charge in [-0.3, -0.25) is 9.59 Å². The minimum atomic E-state index is -0.592. The van der Waals surface area contributed by atoms with Gasteiger partial charge in [0.25, 0.3) is 0 Å². The highest BCUT2D eigenvalue weighted by Crippen LogP contribution is 2.37. The number of hydrogen-bond acceptors (Lipinski definition) is 2. The first-order valence-electron chi connectivity index (χ1n) is 8.27. The van der Waals surface area contributed by atoms with Gasteiger partial charge in [-0.1, -0.05) is 44.3 Å². The Morgan fingerprint density at radius 1 is 1.29 bits per heavy atom. The van der Waals surface area contributed by atoms with Crippen molar-refractivity contribution < 1.29 is 9.59 Å².